The number of hydrogen-bond acceptors (Lipinski definition) is 11. The van der Waals surface area contributed by atoms with Gasteiger partial charge in [-0.1, -0.05) is 18.0 Å². The third-order valence-corrected chi connectivity index (χ3v) is 9.26. The first-order valence-electron chi connectivity index (χ1n) is 15.2. The van der Waals surface area contributed by atoms with E-state index in [1.54, 1.807) is 7.11 Å². The third kappa shape index (κ3) is 8.59. The molecule has 4 aromatic rings. The molecule has 0 aliphatic carbocycles. The number of anilines is 1. The highest BCUT2D eigenvalue weighted by Crippen LogP contribution is 2.45. The summed E-state index contributed by atoms with van der Waals surface area (Å²) in [6.07, 6.45) is 0.282. The fourth-order valence-corrected chi connectivity index (χ4v) is 6.43. The van der Waals surface area contributed by atoms with Crippen molar-refractivity contribution in [2.24, 2.45) is 5.92 Å². The number of halogens is 1. The van der Waals surface area contributed by atoms with Crippen molar-refractivity contribution in [2.45, 2.75) is 51.0 Å². The van der Waals surface area contributed by atoms with E-state index in [1.165, 1.54) is 13.1 Å². The molecule has 0 radical (unpaired) electrons. The van der Waals surface area contributed by atoms with Crippen LogP contribution in [0.15, 0.2) is 52.2 Å². The second-order valence-electron chi connectivity index (χ2n) is 11.5. The van der Waals surface area contributed by atoms with Crippen LogP contribution in [0.25, 0.3) is 21.8 Å². The van der Waals surface area contributed by atoms with Crippen LogP contribution in [0.2, 0.25) is 5.02 Å². The Balaban J connectivity index is 1.09. The van der Waals surface area contributed by atoms with Crippen LogP contribution in [0, 0.1) is 12.8 Å². The number of methoxy groups -OCH3 is 1. The van der Waals surface area contributed by atoms with Gasteiger partial charge in [0.2, 0.25) is 0 Å². The number of ether oxygens (including phenoxy) is 2. The van der Waals surface area contributed by atoms with Gasteiger partial charge in [-0.3, -0.25) is 23.4 Å². The monoisotopic (exact) mass is 692 g/mol. The number of rotatable bonds is 15. The highest BCUT2D eigenvalue weighted by molar-refractivity contribution is 7.47. The first-order chi connectivity index (χ1) is 22.5. The molecule has 3 heterocycles. The van der Waals surface area contributed by atoms with E-state index in [-0.39, 0.29) is 25.2 Å². The van der Waals surface area contributed by atoms with Crippen LogP contribution in [-0.2, 0) is 18.3 Å². The summed E-state index contributed by atoms with van der Waals surface area (Å²) in [6, 6.07) is 11.2. The van der Waals surface area contributed by atoms with Crippen LogP contribution < -0.4 is 21.3 Å². The number of pyridine rings is 1. The van der Waals surface area contributed by atoms with Gasteiger partial charge in [0.1, 0.15) is 18.1 Å². The molecule has 14 nitrogen and oxygen atoms in total. The van der Waals surface area contributed by atoms with Gasteiger partial charge in [0, 0.05) is 53.0 Å². The molecule has 16 heteroatoms. The first kappa shape index (κ1) is 35.0. The molecule has 1 aliphatic rings. The molecule has 5 rings (SSSR count). The van der Waals surface area contributed by atoms with Crippen molar-refractivity contribution in [2.75, 3.05) is 38.8 Å². The van der Waals surface area contributed by atoms with Crippen LogP contribution in [0.4, 0.5) is 5.69 Å². The van der Waals surface area contributed by atoms with Gasteiger partial charge in [-0.15, -0.1) is 0 Å². The smallest absolute Gasteiger partial charge is 0.472 e. The molecular formula is C31H38ClN4O10P. The van der Waals surface area contributed by atoms with Crippen molar-refractivity contribution in [3.05, 3.63) is 74.0 Å². The molecule has 0 spiro atoms. The van der Waals surface area contributed by atoms with Crippen molar-refractivity contribution < 1.29 is 38.2 Å². The van der Waals surface area contributed by atoms with E-state index in [9.17, 15) is 29.3 Å². The molecule has 2 aromatic carbocycles. The molecule has 1 saturated heterocycles. The van der Waals surface area contributed by atoms with E-state index < -0.39 is 50.0 Å². The van der Waals surface area contributed by atoms with Gasteiger partial charge >= 0.3 is 13.5 Å². The number of fused-ring (bicyclic) bond motifs is 2. The molecule has 0 saturated carbocycles. The van der Waals surface area contributed by atoms with Gasteiger partial charge in [-0.25, -0.2) is 14.3 Å². The molecule has 5 atom stereocenters. The van der Waals surface area contributed by atoms with Crippen LogP contribution in [0.1, 0.15) is 37.5 Å². The third-order valence-electron chi connectivity index (χ3n) is 8.08. The normalized spacial score (nSPS) is 20.0. The molecule has 1 aliphatic heterocycles. The number of aryl methyl sites for hydroxylation is 1. The highest BCUT2D eigenvalue weighted by atomic mass is 35.5. The number of unbranched alkanes of at least 4 members (excludes halogenated alkanes) is 1. The lowest BCUT2D eigenvalue weighted by atomic mass is 10.0. The molecule has 0 bridgehead atoms. The number of aromatic nitrogens is 3. The Labute approximate surface area is 274 Å². The molecule has 5 N–H and O–H groups in total. The van der Waals surface area contributed by atoms with Crippen molar-refractivity contribution >= 4 is 46.9 Å². The van der Waals surface area contributed by atoms with E-state index >= 15 is 0 Å². The zero-order valence-electron chi connectivity index (χ0n) is 25.9. The van der Waals surface area contributed by atoms with E-state index in [1.807, 2.05) is 36.4 Å². The number of aliphatic hydroxyl groups is 2. The molecule has 254 valence electrons. The van der Waals surface area contributed by atoms with Gasteiger partial charge in [-0.2, -0.15) is 0 Å². The summed E-state index contributed by atoms with van der Waals surface area (Å²) in [5, 5.41) is 26.2. The summed E-state index contributed by atoms with van der Waals surface area (Å²) in [7, 11) is -2.94. The van der Waals surface area contributed by atoms with Gasteiger partial charge in [0.05, 0.1) is 43.1 Å². The molecule has 0 amide bonds. The molecule has 47 heavy (non-hydrogen) atoms. The molecular weight excluding hydrogens is 655 g/mol. The SMILES string of the molecule is COc1ccc2nc3cc(Cl)ccc3c(NCCCCC(CO)COP(=O)(O)OC[C@H]3O[C@@H](n4cc(C)c(=O)[nH]c4=O)C[C@@H]3O)c2c1. The Morgan fingerprint density at radius 2 is 1.98 bits per heavy atom. The summed E-state index contributed by atoms with van der Waals surface area (Å²) < 4.78 is 35.0. The summed E-state index contributed by atoms with van der Waals surface area (Å²) in [4.78, 5) is 40.9. The molecule has 1 fully saturated rings. The second-order valence-corrected chi connectivity index (χ2v) is 13.4. The fraction of sp³-hybridized carbons (Fsp3) is 0.452. The summed E-state index contributed by atoms with van der Waals surface area (Å²) in [5.74, 6) is 0.293. The van der Waals surface area contributed by atoms with E-state index in [0.717, 1.165) is 38.5 Å². The number of aromatic amines is 1. The molecule has 2 aromatic heterocycles. The van der Waals surface area contributed by atoms with Crippen molar-refractivity contribution in [3.63, 3.8) is 0 Å². The predicted molar refractivity (Wildman–Crippen MR) is 176 cm³/mol. The van der Waals surface area contributed by atoms with Gasteiger partial charge in [0.15, 0.2) is 0 Å². The van der Waals surface area contributed by atoms with Gasteiger partial charge in [-0.05, 0) is 56.2 Å². The average molecular weight is 693 g/mol. The number of aliphatic hydroxyl groups excluding tert-OH is 2. The predicted octanol–water partition coefficient (Wildman–Crippen LogP) is 3.88. The zero-order valence-corrected chi connectivity index (χ0v) is 27.6. The average Bonchev–Trinajstić information content (AvgIpc) is 3.42. The Hall–Kier alpha value is -3.33. The number of phosphoric acid groups is 1. The number of nitrogens with zero attached hydrogens (tertiary/aromatic N) is 2. The van der Waals surface area contributed by atoms with Crippen LogP contribution >= 0.6 is 19.4 Å². The standard InChI is InChI=1S/C31H38ClN4O10P/c1-18-14-36(31(40)35-30(18)39)28-13-26(38)27(46-28)17-45-47(41,42)44-16-19(15-37)5-3-4-10-33-29-22-8-6-20(32)11-25(22)34-24-9-7-21(43-2)12-23(24)29/h6-9,11-12,14,19,26-28,37-38H,3-5,10,13,15-17H2,1-2H3,(H,33,34)(H,41,42)(H,35,39,40)/t19?,26-,27+,28+/m0/s1. The maximum atomic E-state index is 12.6. The van der Waals surface area contributed by atoms with Gasteiger partial charge < -0.3 is 29.9 Å². The number of phosphoric ester groups is 1. The zero-order chi connectivity index (χ0) is 33.7. The summed E-state index contributed by atoms with van der Waals surface area (Å²) >= 11 is 6.22. The maximum absolute atomic E-state index is 12.6. The minimum Gasteiger partial charge on any atom is -0.497 e. The van der Waals surface area contributed by atoms with Gasteiger partial charge in [0.25, 0.3) is 5.56 Å². The van der Waals surface area contributed by atoms with E-state index in [0.29, 0.717) is 30.2 Å². The Kier molecular flexibility index (Phi) is 11.4. The minimum atomic E-state index is -4.55. The summed E-state index contributed by atoms with van der Waals surface area (Å²) in [6.45, 7) is 1.18. The largest absolute Gasteiger partial charge is 0.497 e. The lowest BCUT2D eigenvalue weighted by molar-refractivity contribution is -0.0471. The maximum Gasteiger partial charge on any atom is 0.472 e. The number of H-pyrrole nitrogens is 1. The lowest BCUT2D eigenvalue weighted by Gasteiger charge is -2.20. The highest BCUT2D eigenvalue weighted by Gasteiger charge is 2.37. The summed E-state index contributed by atoms with van der Waals surface area (Å²) in [5.41, 5.74) is 1.52. The fourth-order valence-electron chi connectivity index (χ4n) is 5.45. The number of hydrogen-bond donors (Lipinski definition) is 5. The quantitative estimate of drug-likeness (QED) is 0.0687. The van der Waals surface area contributed by atoms with Crippen molar-refractivity contribution in [1.82, 2.24) is 14.5 Å². The van der Waals surface area contributed by atoms with Crippen molar-refractivity contribution in [1.29, 1.82) is 0 Å². The Morgan fingerprint density at radius 1 is 1.17 bits per heavy atom. The van der Waals surface area contributed by atoms with E-state index in [4.69, 9.17) is 35.1 Å². The first-order valence-corrected chi connectivity index (χ1v) is 17.0. The van der Waals surface area contributed by atoms with E-state index in [2.05, 4.69) is 10.3 Å². The Morgan fingerprint density at radius 3 is 2.74 bits per heavy atom. The van der Waals surface area contributed by atoms with Crippen LogP contribution in [0.5, 0.6) is 5.75 Å². The lowest BCUT2D eigenvalue weighted by Crippen LogP contribution is -2.33. The molecule has 2 unspecified atom stereocenters. The minimum absolute atomic E-state index is 0.00754. The van der Waals surface area contributed by atoms with Crippen LogP contribution in [0.3, 0.4) is 0 Å². The van der Waals surface area contributed by atoms with Crippen molar-refractivity contribution in [3.8, 4) is 5.75 Å². The second kappa shape index (κ2) is 15.3. The number of benzene rings is 2. The Bertz CT molecular complexity index is 1890. The number of nitrogens with one attached hydrogen (secondary N) is 2. The van der Waals surface area contributed by atoms with Crippen LogP contribution in [-0.4, -0.2) is 75.3 Å². The topological polar surface area (TPSA) is 194 Å².